The third-order valence-electron chi connectivity index (χ3n) is 2.62. The van der Waals surface area contributed by atoms with Crippen molar-refractivity contribution in [1.82, 2.24) is 5.32 Å². The summed E-state index contributed by atoms with van der Waals surface area (Å²) in [5.41, 5.74) is 1.30. The molecular weight excluding hydrogens is 234 g/mol. The van der Waals surface area contributed by atoms with E-state index in [4.69, 9.17) is 10.2 Å². The largest absolute Gasteiger partial charge is 0.478 e. The van der Waals surface area contributed by atoms with Crippen LogP contribution in [0.1, 0.15) is 38.8 Å². The van der Waals surface area contributed by atoms with Crippen molar-refractivity contribution in [3.05, 3.63) is 34.4 Å². The number of rotatable bonds is 4. The summed E-state index contributed by atoms with van der Waals surface area (Å²) in [6.07, 6.45) is -0.674. The molecule has 0 saturated carbocycles. The van der Waals surface area contributed by atoms with Crippen LogP contribution in [-0.4, -0.2) is 34.7 Å². The Labute approximate surface area is 105 Å². The summed E-state index contributed by atoms with van der Waals surface area (Å²) in [7, 11) is 0. The fourth-order valence-corrected chi connectivity index (χ4v) is 1.71. The van der Waals surface area contributed by atoms with Crippen molar-refractivity contribution in [2.24, 2.45) is 0 Å². The molecule has 1 rings (SSSR count). The number of aliphatic hydroxyl groups is 1. The number of aliphatic hydroxyl groups excluding tert-OH is 1. The molecule has 0 unspecified atom stereocenters. The van der Waals surface area contributed by atoms with E-state index in [-0.39, 0.29) is 17.7 Å². The smallest absolute Gasteiger partial charge is 0.336 e. The maximum atomic E-state index is 12.0. The van der Waals surface area contributed by atoms with Gasteiger partial charge in [-0.1, -0.05) is 12.1 Å². The first-order valence-corrected chi connectivity index (χ1v) is 5.64. The Hall–Kier alpha value is -1.88. The minimum atomic E-state index is -1.13. The summed E-state index contributed by atoms with van der Waals surface area (Å²) in [4.78, 5) is 23.2. The SMILES string of the molecule is Cc1ccc(C)c(C(=O)NC[C@H](C)O)c1C(=O)O. The molecule has 5 heteroatoms. The maximum Gasteiger partial charge on any atom is 0.336 e. The molecule has 0 radical (unpaired) electrons. The van der Waals surface area contributed by atoms with Crippen LogP contribution in [0, 0.1) is 13.8 Å². The normalized spacial score (nSPS) is 12.0. The van der Waals surface area contributed by atoms with E-state index >= 15 is 0 Å². The molecule has 98 valence electrons. The van der Waals surface area contributed by atoms with Crippen LogP contribution in [-0.2, 0) is 0 Å². The monoisotopic (exact) mass is 251 g/mol. The van der Waals surface area contributed by atoms with Crippen molar-refractivity contribution in [2.75, 3.05) is 6.54 Å². The van der Waals surface area contributed by atoms with Crippen LogP contribution in [0.25, 0.3) is 0 Å². The topological polar surface area (TPSA) is 86.6 Å². The lowest BCUT2D eigenvalue weighted by Crippen LogP contribution is -2.32. The number of amides is 1. The van der Waals surface area contributed by atoms with Gasteiger partial charge in [0.15, 0.2) is 0 Å². The Morgan fingerprint density at radius 3 is 2.17 bits per heavy atom. The highest BCUT2D eigenvalue weighted by Crippen LogP contribution is 2.18. The standard InChI is InChI=1S/C13H17NO4/c1-7-4-5-8(2)11(13(17)18)10(7)12(16)14-6-9(3)15/h4-5,9,15H,6H2,1-3H3,(H,14,16)(H,17,18)/t9-/m0/s1. The quantitative estimate of drug-likeness (QED) is 0.748. The molecule has 1 atom stereocenters. The fourth-order valence-electron chi connectivity index (χ4n) is 1.71. The second kappa shape index (κ2) is 5.64. The Bertz CT molecular complexity index is 480. The van der Waals surface area contributed by atoms with Gasteiger partial charge in [-0.05, 0) is 31.9 Å². The first-order chi connectivity index (χ1) is 8.34. The first kappa shape index (κ1) is 14.2. The van der Waals surface area contributed by atoms with E-state index in [1.807, 2.05) is 0 Å². The number of aromatic carboxylic acids is 1. The number of nitrogens with one attached hydrogen (secondary N) is 1. The molecule has 1 aromatic carbocycles. The third kappa shape index (κ3) is 3.07. The number of carbonyl (C=O) groups is 2. The summed E-state index contributed by atoms with van der Waals surface area (Å²) < 4.78 is 0. The summed E-state index contributed by atoms with van der Waals surface area (Å²) in [6.45, 7) is 4.96. The number of aryl methyl sites for hydroxylation is 2. The van der Waals surface area contributed by atoms with Gasteiger partial charge in [0.2, 0.25) is 0 Å². The number of hydrogen-bond acceptors (Lipinski definition) is 3. The average molecular weight is 251 g/mol. The molecule has 0 spiro atoms. The molecule has 0 bridgehead atoms. The van der Waals surface area contributed by atoms with Gasteiger partial charge >= 0.3 is 5.97 Å². The van der Waals surface area contributed by atoms with E-state index in [9.17, 15) is 9.59 Å². The number of carboxylic acids is 1. The van der Waals surface area contributed by atoms with Crippen LogP contribution < -0.4 is 5.32 Å². The van der Waals surface area contributed by atoms with E-state index in [1.165, 1.54) is 0 Å². The molecular formula is C13H17NO4. The fraction of sp³-hybridized carbons (Fsp3) is 0.385. The lowest BCUT2D eigenvalue weighted by molar-refractivity contribution is 0.0689. The Morgan fingerprint density at radius 2 is 1.72 bits per heavy atom. The Morgan fingerprint density at radius 1 is 1.22 bits per heavy atom. The van der Waals surface area contributed by atoms with Crippen LogP contribution in [0.4, 0.5) is 0 Å². The van der Waals surface area contributed by atoms with E-state index in [2.05, 4.69) is 5.32 Å². The van der Waals surface area contributed by atoms with Gasteiger partial charge in [-0.2, -0.15) is 0 Å². The summed E-state index contributed by atoms with van der Waals surface area (Å²) in [5.74, 6) is -1.60. The molecule has 3 N–H and O–H groups in total. The molecule has 1 amide bonds. The number of benzene rings is 1. The Kier molecular flexibility index (Phi) is 4.44. The van der Waals surface area contributed by atoms with Gasteiger partial charge in [0.25, 0.3) is 5.91 Å². The van der Waals surface area contributed by atoms with Crippen molar-refractivity contribution in [3.63, 3.8) is 0 Å². The molecule has 0 heterocycles. The van der Waals surface area contributed by atoms with Crippen LogP contribution >= 0.6 is 0 Å². The molecule has 0 aliphatic heterocycles. The predicted octanol–water partition coefficient (Wildman–Crippen LogP) is 1.11. The second-order valence-corrected chi connectivity index (χ2v) is 4.31. The molecule has 0 aromatic heterocycles. The van der Waals surface area contributed by atoms with Crippen LogP contribution in [0.3, 0.4) is 0 Å². The van der Waals surface area contributed by atoms with E-state index < -0.39 is 18.0 Å². The first-order valence-electron chi connectivity index (χ1n) is 5.64. The Balaban J connectivity index is 3.18. The van der Waals surface area contributed by atoms with Gasteiger partial charge in [-0.25, -0.2) is 4.79 Å². The van der Waals surface area contributed by atoms with Crippen LogP contribution in [0.2, 0.25) is 0 Å². The summed E-state index contributed by atoms with van der Waals surface area (Å²) in [5, 5.41) is 20.8. The zero-order valence-electron chi connectivity index (χ0n) is 10.7. The van der Waals surface area contributed by atoms with E-state index in [1.54, 1.807) is 32.9 Å². The molecule has 0 saturated heterocycles. The second-order valence-electron chi connectivity index (χ2n) is 4.31. The van der Waals surface area contributed by atoms with Gasteiger partial charge in [0.05, 0.1) is 17.2 Å². The van der Waals surface area contributed by atoms with Gasteiger partial charge < -0.3 is 15.5 Å². The summed E-state index contributed by atoms with van der Waals surface area (Å²) in [6, 6.07) is 3.38. The maximum absolute atomic E-state index is 12.0. The van der Waals surface area contributed by atoms with Gasteiger partial charge in [0, 0.05) is 6.54 Å². The van der Waals surface area contributed by atoms with Crippen molar-refractivity contribution >= 4 is 11.9 Å². The lowest BCUT2D eigenvalue weighted by atomic mass is 9.96. The minimum absolute atomic E-state index is 0.0121. The molecule has 18 heavy (non-hydrogen) atoms. The van der Waals surface area contributed by atoms with E-state index in [0.29, 0.717) is 11.1 Å². The van der Waals surface area contributed by atoms with Crippen LogP contribution in [0.15, 0.2) is 12.1 Å². The molecule has 0 fully saturated rings. The van der Waals surface area contributed by atoms with Crippen molar-refractivity contribution in [2.45, 2.75) is 26.9 Å². The zero-order chi connectivity index (χ0) is 13.9. The average Bonchev–Trinajstić information content (AvgIpc) is 2.28. The van der Waals surface area contributed by atoms with Gasteiger partial charge in [-0.3, -0.25) is 4.79 Å². The number of carbonyl (C=O) groups excluding carboxylic acids is 1. The van der Waals surface area contributed by atoms with Gasteiger partial charge in [-0.15, -0.1) is 0 Å². The van der Waals surface area contributed by atoms with Crippen molar-refractivity contribution < 1.29 is 19.8 Å². The van der Waals surface area contributed by atoms with E-state index in [0.717, 1.165) is 0 Å². The summed E-state index contributed by atoms with van der Waals surface area (Å²) >= 11 is 0. The lowest BCUT2D eigenvalue weighted by Gasteiger charge is -2.13. The molecule has 5 nitrogen and oxygen atoms in total. The molecule has 0 aliphatic rings. The third-order valence-corrected chi connectivity index (χ3v) is 2.62. The highest BCUT2D eigenvalue weighted by molar-refractivity contribution is 6.06. The van der Waals surface area contributed by atoms with Gasteiger partial charge in [0.1, 0.15) is 0 Å². The predicted molar refractivity (Wildman–Crippen MR) is 66.9 cm³/mol. The molecule has 0 aliphatic carbocycles. The van der Waals surface area contributed by atoms with Crippen molar-refractivity contribution in [3.8, 4) is 0 Å². The van der Waals surface area contributed by atoms with Crippen LogP contribution in [0.5, 0.6) is 0 Å². The zero-order valence-corrected chi connectivity index (χ0v) is 10.7. The van der Waals surface area contributed by atoms with Crippen molar-refractivity contribution in [1.29, 1.82) is 0 Å². The number of carboxylic acid groups (broad SMARTS) is 1. The highest BCUT2D eigenvalue weighted by atomic mass is 16.4. The highest BCUT2D eigenvalue weighted by Gasteiger charge is 2.21. The number of hydrogen-bond donors (Lipinski definition) is 3. The minimum Gasteiger partial charge on any atom is -0.478 e. The molecule has 1 aromatic rings.